The maximum absolute atomic E-state index is 10.6. The van der Waals surface area contributed by atoms with E-state index < -0.39 is 7.92 Å². The molecule has 1 atom stereocenters. The SMILES string of the molecule is CC(=O)c1ccccc1.CC(O)c1ccccc1.[CH-]=O.[CH2-]CCNCC[PH+](c1ccccc1)c1ccccc1.[Cl][RuH]. The first-order valence-corrected chi connectivity index (χ1v) is 17.3. The van der Waals surface area contributed by atoms with Gasteiger partial charge in [0.2, 0.25) is 0 Å². The molecule has 0 bridgehead atoms. The Bertz CT molecular complexity index is 1100. The summed E-state index contributed by atoms with van der Waals surface area (Å²) in [7, 11) is 3.95. The second-order valence-corrected chi connectivity index (χ2v) is 11.2. The van der Waals surface area contributed by atoms with Crippen molar-refractivity contribution in [2.75, 3.05) is 19.3 Å². The molecule has 4 aromatic rings. The zero-order valence-corrected chi connectivity index (χ0v) is 27.4. The summed E-state index contributed by atoms with van der Waals surface area (Å²) in [6.07, 6.45) is 1.84. The van der Waals surface area contributed by atoms with E-state index in [9.17, 15) is 4.79 Å². The normalized spacial score (nSPS) is 10.1. The van der Waals surface area contributed by atoms with Gasteiger partial charge in [0.1, 0.15) is 0 Å². The van der Waals surface area contributed by atoms with Crippen molar-refractivity contribution in [2.24, 2.45) is 0 Å². The first-order valence-electron chi connectivity index (χ1n) is 13.2. The Kier molecular flexibility index (Phi) is 24.8. The number of hydrogen-bond acceptors (Lipinski definition) is 4. The molecule has 0 aliphatic heterocycles. The Morgan fingerprint density at radius 2 is 1.20 bits per heavy atom. The number of rotatable bonds is 9. The third-order valence-electron chi connectivity index (χ3n) is 5.61. The van der Waals surface area contributed by atoms with Crippen molar-refractivity contribution in [1.82, 2.24) is 5.32 Å². The Morgan fingerprint density at radius 3 is 1.51 bits per heavy atom. The minimum absolute atomic E-state index is 0.121. The second-order valence-electron chi connectivity index (χ2n) is 8.57. The van der Waals surface area contributed by atoms with E-state index >= 15 is 0 Å². The second kappa shape index (κ2) is 26.4. The predicted octanol–water partition coefficient (Wildman–Crippen LogP) is 6.44. The Balaban J connectivity index is 0.000000609. The first-order chi connectivity index (χ1) is 20.0. The van der Waals surface area contributed by atoms with Crippen molar-refractivity contribution < 1.29 is 32.0 Å². The van der Waals surface area contributed by atoms with Crippen LogP contribution in [0.15, 0.2) is 121 Å². The van der Waals surface area contributed by atoms with E-state index in [-0.39, 0.29) is 11.9 Å². The third-order valence-corrected chi connectivity index (χ3v) is 8.42. The molecule has 0 fully saturated rings. The summed E-state index contributed by atoms with van der Waals surface area (Å²) in [5.74, 6) is 0.121. The molecule has 4 rings (SSSR count). The van der Waals surface area contributed by atoms with Crippen LogP contribution in [0.25, 0.3) is 0 Å². The van der Waals surface area contributed by atoms with E-state index in [2.05, 4.69) is 89.4 Å². The summed E-state index contributed by atoms with van der Waals surface area (Å²) in [5, 5.41) is 15.5. The summed E-state index contributed by atoms with van der Waals surface area (Å²) < 4.78 is 0. The van der Waals surface area contributed by atoms with Gasteiger partial charge in [-0.05, 0) is 50.2 Å². The van der Waals surface area contributed by atoms with E-state index in [0.29, 0.717) is 0 Å². The number of aliphatic hydroxyl groups excluding tert-OH is 1. The molecular weight excluding hydrogens is 638 g/mol. The number of halogens is 1. The molecule has 0 amide bonds. The molecule has 0 aliphatic rings. The molecule has 1 unspecified atom stereocenters. The maximum atomic E-state index is 10.6. The molecule has 0 aromatic heterocycles. The Morgan fingerprint density at radius 1 is 0.805 bits per heavy atom. The van der Waals surface area contributed by atoms with Gasteiger partial charge in [0.05, 0.1) is 30.8 Å². The van der Waals surface area contributed by atoms with Crippen LogP contribution in [0, 0.1) is 6.92 Å². The summed E-state index contributed by atoms with van der Waals surface area (Å²) >= 11 is 1.62. The minimum atomic E-state index is -0.663. The number of nitrogens with one attached hydrogen (secondary N) is 1. The van der Waals surface area contributed by atoms with Crippen LogP contribution in [0.2, 0.25) is 0 Å². The van der Waals surface area contributed by atoms with Crippen molar-refractivity contribution in [3.05, 3.63) is 139 Å². The number of carbonyl (C=O) groups is 1. The molecule has 0 aliphatic carbocycles. The topological polar surface area (TPSA) is 66.4 Å². The third kappa shape index (κ3) is 17.8. The van der Waals surface area contributed by atoms with Gasteiger partial charge in [-0.15, -0.1) is 0 Å². The summed E-state index contributed by atoms with van der Waals surface area (Å²) in [6, 6.07) is 40.6. The molecule has 0 heterocycles. The quantitative estimate of drug-likeness (QED) is 0.0534. The fourth-order valence-corrected chi connectivity index (χ4v) is 6.13. The van der Waals surface area contributed by atoms with Crippen molar-refractivity contribution in [3.8, 4) is 0 Å². The number of hydrogen-bond donors (Lipinski definition) is 2. The summed E-state index contributed by atoms with van der Waals surface area (Å²) in [5.41, 5.74) is 1.75. The fourth-order valence-electron chi connectivity index (χ4n) is 3.60. The van der Waals surface area contributed by atoms with Crippen LogP contribution in [0.5, 0.6) is 0 Å². The molecule has 0 spiro atoms. The van der Waals surface area contributed by atoms with Crippen LogP contribution >= 0.6 is 17.6 Å². The van der Waals surface area contributed by atoms with Gasteiger partial charge in [-0.25, -0.2) is 0 Å². The average molecular weight is 680 g/mol. The summed E-state index contributed by atoms with van der Waals surface area (Å²) in [4.78, 5) is 18.4. The zero-order chi connectivity index (χ0) is 30.7. The molecule has 0 saturated carbocycles. The van der Waals surface area contributed by atoms with Gasteiger partial charge in [-0.2, -0.15) is 6.42 Å². The molecule has 0 saturated heterocycles. The van der Waals surface area contributed by atoms with E-state index in [1.54, 1.807) is 31.2 Å². The van der Waals surface area contributed by atoms with E-state index in [1.165, 1.54) is 16.8 Å². The first kappa shape index (κ1) is 38.5. The predicted molar refractivity (Wildman–Crippen MR) is 176 cm³/mol. The van der Waals surface area contributed by atoms with Crippen molar-refractivity contribution in [1.29, 1.82) is 0 Å². The van der Waals surface area contributed by atoms with E-state index in [1.807, 2.05) is 60.7 Å². The van der Waals surface area contributed by atoms with E-state index in [0.717, 1.165) is 30.6 Å². The van der Waals surface area contributed by atoms with Crippen molar-refractivity contribution in [3.63, 3.8) is 0 Å². The molecule has 4 aromatic carbocycles. The number of carbonyl (C=O) groups excluding carboxylic acids is 2. The fraction of sp³-hybridized carbons (Fsp3) is 0.206. The van der Waals surface area contributed by atoms with Crippen LogP contribution in [0.3, 0.4) is 0 Å². The number of benzene rings is 4. The standard InChI is InChI=1S/C17H21NP.C8H10O.C8H8O.CHO.ClH.Ru.H/c1-2-13-18-14-15-19(16-9-5-3-6-10-16)17-11-7-4-8-12-17;2*1-7(9)8-5-3-2-4-6-8;1-2;;;/h3-12,18H,1-2,13-15H2;2-7,9H,1H3;2-6H,1H3;1H;1H;;/q-1;;;-1;;+1;. The van der Waals surface area contributed by atoms with Gasteiger partial charge in [0.25, 0.3) is 0 Å². The average Bonchev–Trinajstić information content (AvgIpc) is 3.05. The monoisotopic (exact) mass is 680 g/mol. The number of Topliss-reactive ketones (excluding diaryl/α,β-unsaturated/α-hetero) is 1. The molecule has 0 radical (unpaired) electrons. The van der Waals surface area contributed by atoms with Crippen LogP contribution in [-0.4, -0.2) is 36.9 Å². The van der Waals surface area contributed by atoms with Crippen LogP contribution in [0.1, 0.15) is 42.3 Å². The van der Waals surface area contributed by atoms with Gasteiger partial charge in [0, 0.05) is 12.1 Å². The van der Waals surface area contributed by atoms with Crippen LogP contribution in [-0.2, 0) is 22.1 Å². The Hall–Kier alpha value is -2.52. The van der Waals surface area contributed by atoms with Gasteiger partial charge >= 0.3 is 27.0 Å². The van der Waals surface area contributed by atoms with Crippen LogP contribution in [0.4, 0.5) is 0 Å². The molecule has 222 valence electrons. The van der Waals surface area contributed by atoms with Gasteiger partial charge in [-0.1, -0.05) is 97.1 Å². The molecule has 7 heteroatoms. The van der Waals surface area contributed by atoms with Crippen molar-refractivity contribution >= 4 is 40.8 Å². The van der Waals surface area contributed by atoms with E-state index in [4.69, 9.17) is 9.90 Å². The van der Waals surface area contributed by atoms with Crippen molar-refractivity contribution in [2.45, 2.75) is 26.4 Å². The van der Waals surface area contributed by atoms with Gasteiger partial charge in [0.15, 0.2) is 5.78 Å². The van der Waals surface area contributed by atoms with Crippen LogP contribution < -0.4 is 15.9 Å². The zero-order valence-electron chi connectivity index (χ0n) is 23.8. The Labute approximate surface area is 262 Å². The number of aliphatic hydroxyl groups is 1. The molecule has 41 heavy (non-hydrogen) atoms. The molecule has 4 nitrogen and oxygen atoms in total. The number of ketones is 1. The molecule has 2 N–H and O–H groups in total. The summed E-state index contributed by atoms with van der Waals surface area (Å²) in [6.45, 7) is 12.5. The van der Waals surface area contributed by atoms with Gasteiger partial charge in [-0.3, -0.25) is 11.6 Å². The molecular formula is C34H42ClNO3PRu-. The van der Waals surface area contributed by atoms with Gasteiger partial charge < -0.3 is 22.1 Å².